The Morgan fingerprint density at radius 2 is 1.63 bits per heavy atom. The number of aromatic nitrogens is 1. The molecule has 30 heavy (non-hydrogen) atoms. The molecular weight excluding hydrogens is 401 g/mol. The van der Waals surface area contributed by atoms with Gasteiger partial charge in [0.05, 0.1) is 11.1 Å². The SMILES string of the molecule is Cc1cc(/C=N/NS(=O)(=O)c2ccc3ccccc3c2)c(C)n1-c1ccc(F)cc1. The van der Waals surface area contributed by atoms with Crippen LogP contribution in [0.4, 0.5) is 4.39 Å². The quantitative estimate of drug-likeness (QED) is 0.375. The molecule has 0 bridgehead atoms. The molecule has 7 heteroatoms. The highest BCUT2D eigenvalue weighted by Gasteiger charge is 2.14. The number of hydrazone groups is 1. The van der Waals surface area contributed by atoms with E-state index in [2.05, 4.69) is 9.93 Å². The van der Waals surface area contributed by atoms with Gasteiger partial charge in [-0.25, -0.2) is 9.22 Å². The molecule has 1 heterocycles. The summed E-state index contributed by atoms with van der Waals surface area (Å²) >= 11 is 0. The monoisotopic (exact) mass is 421 g/mol. The molecule has 0 aliphatic carbocycles. The van der Waals surface area contributed by atoms with Crippen LogP contribution in [-0.4, -0.2) is 19.2 Å². The van der Waals surface area contributed by atoms with Crippen molar-refractivity contribution in [1.29, 1.82) is 0 Å². The van der Waals surface area contributed by atoms with E-state index in [1.165, 1.54) is 18.3 Å². The fourth-order valence-corrected chi connectivity index (χ4v) is 4.28. The number of hydrogen-bond acceptors (Lipinski definition) is 3. The fraction of sp³-hybridized carbons (Fsp3) is 0.0870. The van der Waals surface area contributed by atoms with Crippen LogP contribution in [0.5, 0.6) is 0 Å². The van der Waals surface area contributed by atoms with E-state index < -0.39 is 10.0 Å². The molecule has 5 nitrogen and oxygen atoms in total. The lowest BCUT2D eigenvalue weighted by molar-refractivity contribution is 0.585. The van der Waals surface area contributed by atoms with Crippen molar-refractivity contribution in [3.8, 4) is 5.69 Å². The maximum absolute atomic E-state index is 13.2. The van der Waals surface area contributed by atoms with Crippen LogP contribution in [-0.2, 0) is 10.0 Å². The zero-order chi connectivity index (χ0) is 21.3. The number of nitrogens with one attached hydrogen (secondary N) is 1. The van der Waals surface area contributed by atoms with Crippen molar-refractivity contribution in [1.82, 2.24) is 9.40 Å². The van der Waals surface area contributed by atoms with Gasteiger partial charge in [0.2, 0.25) is 0 Å². The molecule has 1 aromatic heterocycles. The second kappa shape index (κ2) is 7.76. The van der Waals surface area contributed by atoms with E-state index in [1.54, 1.807) is 30.3 Å². The molecule has 0 saturated heterocycles. The summed E-state index contributed by atoms with van der Waals surface area (Å²) in [7, 11) is -3.79. The summed E-state index contributed by atoms with van der Waals surface area (Å²) in [5.74, 6) is -0.300. The van der Waals surface area contributed by atoms with Crippen LogP contribution in [0, 0.1) is 19.7 Å². The second-order valence-electron chi connectivity index (χ2n) is 7.00. The van der Waals surface area contributed by atoms with Gasteiger partial charge >= 0.3 is 0 Å². The van der Waals surface area contributed by atoms with Gasteiger partial charge < -0.3 is 4.57 Å². The molecule has 1 N–H and O–H groups in total. The minimum Gasteiger partial charge on any atom is -0.318 e. The molecule has 0 aliphatic rings. The van der Waals surface area contributed by atoms with Crippen LogP contribution in [0.2, 0.25) is 0 Å². The first-order chi connectivity index (χ1) is 14.3. The van der Waals surface area contributed by atoms with Gasteiger partial charge in [-0.3, -0.25) is 0 Å². The van der Waals surface area contributed by atoms with E-state index in [9.17, 15) is 12.8 Å². The largest absolute Gasteiger partial charge is 0.318 e. The average molecular weight is 421 g/mol. The predicted octanol–water partition coefficient (Wildman–Crippen LogP) is 4.70. The number of halogens is 1. The Hall–Kier alpha value is -3.45. The molecule has 3 aromatic carbocycles. The third-order valence-corrected chi connectivity index (χ3v) is 6.18. The molecule has 152 valence electrons. The lowest BCUT2D eigenvalue weighted by Gasteiger charge is -2.09. The number of hydrogen-bond donors (Lipinski definition) is 1. The summed E-state index contributed by atoms with van der Waals surface area (Å²) < 4.78 is 40.4. The van der Waals surface area contributed by atoms with Crippen LogP contribution in [0.25, 0.3) is 16.5 Å². The standard InChI is InChI=1S/C23H20FN3O2S/c1-16-13-20(17(2)27(16)22-10-8-21(24)9-11-22)15-25-26-30(28,29)23-12-7-18-5-3-4-6-19(18)14-23/h3-15,26H,1-2H3/b25-15+. The van der Waals surface area contributed by atoms with Crippen LogP contribution in [0.1, 0.15) is 17.0 Å². The Kier molecular flexibility index (Phi) is 5.13. The Balaban J connectivity index is 1.58. The van der Waals surface area contributed by atoms with Crippen molar-refractivity contribution in [3.05, 3.63) is 95.6 Å². The highest BCUT2D eigenvalue weighted by Crippen LogP contribution is 2.21. The zero-order valence-corrected chi connectivity index (χ0v) is 17.3. The van der Waals surface area contributed by atoms with Gasteiger partial charge in [-0.1, -0.05) is 30.3 Å². The van der Waals surface area contributed by atoms with E-state index in [0.717, 1.165) is 33.4 Å². The van der Waals surface area contributed by atoms with Crippen LogP contribution in [0.15, 0.2) is 82.8 Å². The van der Waals surface area contributed by atoms with Gasteiger partial charge in [-0.15, -0.1) is 0 Å². The lowest BCUT2D eigenvalue weighted by atomic mass is 10.1. The maximum Gasteiger partial charge on any atom is 0.276 e. The summed E-state index contributed by atoms with van der Waals surface area (Å²) in [6, 6.07) is 20.6. The normalized spacial score (nSPS) is 12.0. The molecule has 0 fully saturated rings. The number of fused-ring (bicyclic) bond motifs is 1. The van der Waals surface area contributed by atoms with Crippen LogP contribution < -0.4 is 4.83 Å². The van der Waals surface area contributed by atoms with Crippen molar-refractivity contribution in [2.24, 2.45) is 5.10 Å². The molecule has 0 unspecified atom stereocenters. The third-order valence-electron chi connectivity index (χ3n) is 4.96. The minimum atomic E-state index is -3.79. The summed E-state index contributed by atoms with van der Waals surface area (Å²) in [4.78, 5) is 2.42. The van der Waals surface area contributed by atoms with Crippen molar-refractivity contribution in [3.63, 3.8) is 0 Å². The number of rotatable bonds is 5. The Morgan fingerprint density at radius 3 is 2.37 bits per heavy atom. The first kappa shape index (κ1) is 19.8. The van der Waals surface area contributed by atoms with Crippen LogP contribution >= 0.6 is 0 Å². The van der Waals surface area contributed by atoms with Gasteiger partial charge in [0, 0.05) is 22.6 Å². The van der Waals surface area contributed by atoms with Gasteiger partial charge in [0.25, 0.3) is 10.0 Å². The summed E-state index contributed by atoms with van der Waals surface area (Å²) in [5.41, 5.74) is 3.38. The Morgan fingerprint density at radius 1 is 0.933 bits per heavy atom. The number of sulfonamides is 1. The summed E-state index contributed by atoms with van der Waals surface area (Å²) in [6.45, 7) is 3.82. The van der Waals surface area contributed by atoms with Gasteiger partial charge in [0.1, 0.15) is 5.82 Å². The molecule has 0 spiro atoms. The number of aryl methyl sites for hydroxylation is 1. The molecule has 4 aromatic rings. The topological polar surface area (TPSA) is 63.5 Å². The molecule has 0 amide bonds. The highest BCUT2D eigenvalue weighted by molar-refractivity contribution is 7.89. The third kappa shape index (κ3) is 3.84. The van der Waals surface area contributed by atoms with Crippen molar-refractivity contribution in [2.75, 3.05) is 0 Å². The van der Waals surface area contributed by atoms with E-state index in [0.29, 0.717) is 0 Å². The molecule has 0 saturated carbocycles. The van der Waals surface area contributed by atoms with Crippen molar-refractivity contribution in [2.45, 2.75) is 18.7 Å². The zero-order valence-electron chi connectivity index (χ0n) is 16.5. The Bertz CT molecular complexity index is 1360. The van der Waals surface area contributed by atoms with Gasteiger partial charge in [-0.05, 0) is 67.1 Å². The minimum absolute atomic E-state index is 0.148. The average Bonchev–Trinajstić information content (AvgIpc) is 3.01. The molecule has 0 radical (unpaired) electrons. The van der Waals surface area contributed by atoms with E-state index in [1.807, 2.05) is 48.7 Å². The van der Waals surface area contributed by atoms with Gasteiger partial charge in [0.15, 0.2) is 0 Å². The molecule has 0 atom stereocenters. The molecular formula is C23H20FN3O2S. The van der Waals surface area contributed by atoms with E-state index >= 15 is 0 Å². The van der Waals surface area contributed by atoms with Crippen molar-refractivity contribution >= 4 is 27.0 Å². The molecule has 4 rings (SSSR count). The first-order valence-electron chi connectivity index (χ1n) is 9.34. The smallest absolute Gasteiger partial charge is 0.276 e. The number of nitrogens with zero attached hydrogens (tertiary/aromatic N) is 2. The predicted molar refractivity (Wildman–Crippen MR) is 117 cm³/mol. The summed E-state index contributed by atoms with van der Waals surface area (Å²) in [5, 5.41) is 5.76. The maximum atomic E-state index is 13.2. The Labute approximate surface area is 174 Å². The van der Waals surface area contributed by atoms with E-state index in [4.69, 9.17) is 0 Å². The van der Waals surface area contributed by atoms with Crippen LogP contribution in [0.3, 0.4) is 0 Å². The fourth-order valence-electron chi connectivity index (χ4n) is 3.46. The molecule has 0 aliphatic heterocycles. The summed E-state index contributed by atoms with van der Waals surface area (Å²) in [6.07, 6.45) is 1.47. The lowest BCUT2D eigenvalue weighted by Crippen LogP contribution is -2.18. The first-order valence-corrected chi connectivity index (χ1v) is 10.8. The highest BCUT2D eigenvalue weighted by atomic mass is 32.2. The van der Waals surface area contributed by atoms with Crippen molar-refractivity contribution < 1.29 is 12.8 Å². The number of benzene rings is 3. The second-order valence-corrected chi connectivity index (χ2v) is 8.66. The van der Waals surface area contributed by atoms with Gasteiger partial charge in [-0.2, -0.15) is 13.5 Å². The van der Waals surface area contributed by atoms with E-state index in [-0.39, 0.29) is 10.7 Å².